The number of ether oxygens (including phenoxy) is 1. The molecule has 1 fully saturated rings. The summed E-state index contributed by atoms with van der Waals surface area (Å²) in [6.07, 6.45) is 12.5. The summed E-state index contributed by atoms with van der Waals surface area (Å²) < 4.78 is 40.3. The standard InChI is InChI=1S/C22H31F3O/c1-2-3-4-7-18-10-12-19(13-11-18)8-5-6-9-20-14-16-21(17-15-20)26-22(23,24)25/h5,8,14-19H,2-4,6-7,9-13H2,1H3/b8-5+. The topological polar surface area (TPSA) is 9.23 Å². The fourth-order valence-electron chi connectivity index (χ4n) is 3.75. The van der Waals surface area contributed by atoms with E-state index in [-0.39, 0.29) is 5.75 Å². The summed E-state index contributed by atoms with van der Waals surface area (Å²) in [5.74, 6) is 1.48. The van der Waals surface area contributed by atoms with Gasteiger partial charge in [-0.15, -0.1) is 13.2 Å². The summed E-state index contributed by atoms with van der Waals surface area (Å²) in [4.78, 5) is 0. The smallest absolute Gasteiger partial charge is 0.406 e. The second kappa shape index (κ2) is 10.6. The molecule has 0 heterocycles. The number of unbranched alkanes of at least 4 members (excludes halogenated alkanes) is 2. The Kier molecular flexibility index (Phi) is 8.53. The number of allylic oxidation sites excluding steroid dienone is 2. The van der Waals surface area contributed by atoms with Crippen molar-refractivity contribution >= 4 is 0 Å². The van der Waals surface area contributed by atoms with Crippen molar-refractivity contribution in [1.29, 1.82) is 0 Å². The largest absolute Gasteiger partial charge is 0.573 e. The first kappa shape index (κ1) is 20.9. The third-order valence-corrected chi connectivity index (χ3v) is 5.27. The number of alkyl halides is 3. The molecule has 0 aromatic heterocycles. The lowest BCUT2D eigenvalue weighted by Crippen LogP contribution is -2.17. The Morgan fingerprint density at radius 3 is 2.35 bits per heavy atom. The lowest BCUT2D eigenvalue weighted by atomic mass is 9.79. The number of rotatable bonds is 9. The number of halogens is 3. The quantitative estimate of drug-likeness (QED) is 0.325. The molecule has 1 aliphatic carbocycles. The molecule has 0 bridgehead atoms. The molecule has 0 amide bonds. The maximum Gasteiger partial charge on any atom is 0.573 e. The van der Waals surface area contributed by atoms with Crippen molar-refractivity contribution in [3.05, 3.63) is 42.0 Å². The maximum absolute atomic E-state index is 12.1. The van der Waals surface area contributed by atoms with E-state index in [1.54, 1.807) is 12.1 Å². The molecule has 0 spiro atoms. The average Bonchev–Trinajstić information content (AvgIpc) is 2.60. The van der Waals surface area contributed by atoms with Gasteiger partial charge >= 0.3 is 6.36 Å². The van der Waals surface area contributed by atoms with Crippen molar-refractivity contribution in [2.24, 2.45) is 11.8 Å². The summed E-state index contributed by atoms with van der Waals surface area (Å²) in [5.41, 5.74) is 1.03. The number of hydrogen-bond donors (Lipinski definition) is 0. The van der Waals surface area contributed by atoms with E-state index in [1.165, 1.54) is 63.5 Å². The normalized spacial score (nSPS) is 21.2. The minimum Gasteiger partial charge on any atom is -0.406 e. The minimum atomic E-state index is -4.63. The molecule has 0 N–H and O–H groups in total. The molecule has 146 valence electrons. The van der Waals surface area contributed by atoms with Gasteiger partial charge in [0.1, 0.15) is 5.75 Å². The first-order valence-corrected chi connectivity index (χ1v) is 9.97. The van der Waals surface area contributed by atoms with Crippen molar-refractivity contribution in [3.8, 4) is 5.75 Å². The highest BCUT2D eigenvalue weighted by molar-refractivity contribution is 5.27. The van der Waals surface area contributed by atoms with Crippen molar-refractivity contribution in [3.63, 3.8) is 0 Å². The zero-order valence-electron chi connectivity index (χ0n) is 15.7. The highest BCUT2D eigenvalue weighted by atomic mass is 19.4. The van der Waals surface area contributed by atoms with Crippen LogP contribution in [0.25, 0.3) is 0 Å². The lowest BCUT2D eigenvalue weighted by molar-refractivity contribution is -0.274. The van der Waals surface area contributed by atoms with Crippen LogP contribution in [0.1, 0.15) is 70.3 Å². The van der Waals surface area contributed by atoms with Crippen molar-refractivity contribution in [2.45, 2.75) is 77.5 Å². The Labute approximate surface area is 155 Å². The molecule has 4 heteroatoms. The molecule has 1 nitrogen and oxygen atoms in total. The zero-order valence-corrected chi connectivity index (χ0v) is 15.7. The fourth-order valence-corrected chi connectivity index (χ4v) is 3.75. The Morgan fingerprint density at radius 1 is 1.04 bits per heavy atom. The van der Waals surface area contributed by atoms with E-state index in [1.807, 2.05) is 0 Å². The van der Waals surface area contributed by atoms with Crippen LogP contribution in [0, 0.1) is 11.8 Å². The monoisotopic (exact) mass is 368 g/mol. The number of hydrogen-bond acceptors (Lipinski definition) is 1. The second-order valence-corrected chi connectivity index (χ2v) is 7.44. The van der Waals surface area contributed by atoms with Gasteiger partial charge in [0.2, 0.25) is 0 Å². The molecule has 0 atom stereocenters. The van der Waals surface area contributed by atoms with Crippen molar-refractivity contribution in [2.75, 3.05) is 0 Å². The van der Waals surface area contributed by atoms with Crippen LogP contribution in [0.5, 0.6) is 5.75 Å². The van der Waals surface area contributed by atoms with Gasteiger partial charge in [-0.3, -0.25) is 0 Å². The van der Waals surface area contributed by atoms with Gasteiger partial charge < -0.3 is 4.74 Å². The Balaban J connectivity index is 1.64. The van der Waals surface area contributed by atoms with Gasteiger partial charge in [0.15, 0.2) is 0 Å². The van der Waals surface area contributed by atoms with E-state index in [0.717, 1.165) is 24.3 Å². The van der Waals surface area contributed by atoms with Gasteiger partial charge in [-0.1, -0.05) is 56.9 Å². The molecule has 1 aliphatic rings. The minimum absolute atomic E-state index is 0.160. The molecule has 0 aliphatic heterocycles. The fraction of sp³-hybridized carbons (Fsp3) is 0.636. The van der Waals surface area contributed by atoms with Crippen molar-refractivity contribution < 1.29 is 17.9 Å². The van der Waals surface area contributed by atoms with E-state index in [0.29, 0.717) is 5.92 Å². The molecule has 0 saturated heterocycles. The van der Waals surface area contributed by atoms with Gasteiger partial charge in [0, 0.05) is 0 Å². The van der Waals surface area contributed by atoms with E-state index in [2.05, 4.69) is 23.8 Å². The van der Waals surface area contributed by atoms with E-state index in [9.17, 15) is 13.2 Å². The van der Waals surface area contributed by atoms with E-state index in [4.69, 9.17) is 0 Å². The van der Waals surface area contributed by atoms with Crippen LogP contribution in [0.4, 0.5) is 13.2 Å². The Bertz CT molecular complexity index is 525. The molecular weight excluding hydrogens is 337 g/mol. The van der Waals surface area contributed by atoms with Crippen LogP contribution in [0.2, 0.25) is 0 Å². The molecule has 0 radical (unpaired) electrons. The van der Waals surface area contributed by atoms with Crippen molar-refractivity contribution in [1.82, 2.24) is 0 Å². The molecule has 0 unspecified atom stereocenters. The summed E-state index contributed by atoms with van der Waals surface area (Å²) in [6, 6.07) is 6.17. The molecule has 2 rings (SSSR count). The SMILES string of the molecule is CCCCCC1CCC(/C=C/CCc2ccc(OC(F)(F)F)cc2)CC1. The average molecular weight is 368 g/mol. The number of aryl methyl sites for hydroxylation is 1. The van der Waals surface area contributed by atoms with Gasteiger partial charge in [-0.2, -0.15) is 0 Å². The third kappa shape index (κ3) is 8.29. The van der Waals surface area contributed by atoms with Crippen LogP contribution in [-0.2, 0) is 6.42 Å². The first-order chi connectivity index (χ1) is 12.5. The van der Waals surface area contributed by atoms with E-state index < -0.39 is 6.36 Å². The van der Waals surface area contributed by atoms with Crippen LogP contribution in [0.15, 0.2) is 36.4 Å². The summed E-state index contributed by atoms with van der Waals surface area (Å²) in [6.45, 7) is 2.26. The first-order valence-electron chi connectivity index (χ1n) is 9.97. The van der Waals surface area contributed by atoms with Gasteiger partial charge in [-0.25, -0.2) is 0 Å². The van der Waals surface area contributed by atoms with Crippen LogP contribution < -0.4 is 4.74 Å². The predicted octanol–water partition coefficient (Wildman–Crippen LogP) is 7.46. The predicted molar refractivity (Wildman–Crippen MR) is 100 cm³/mol. The van der Waals surface area contributed by atoms with Gasteiger partial charge in [0.05, 0.1) is 0 Å². The molecule has 26 heavy (non-hydrogen) atoms. The highest BCUT2D eigenvalue weighted by Crippen LogP contribution is 2.32. The highest BCUT2D eigenvalue weighted by Gasteiger charge is 2.30. The third-order valence-electron chi connectivity index (χ3n) is 5.27. The van der Waals surface area contributed by atoms with Gasteiger partial charge in [-0.05, 0) is 68.1 Å². The van der Waals surface area contributed by atoms with E-state index >= 15 is 0 Å². The lowest BCUT2D eigenvalue weighted by Gasteiger charge is -2.26. The van der Waals surface area contributed by atoms with Crippen LogP contribution in [-0.4, -0.2) is 6.36 Å². The summed E-state index contributed by atoms with van der Waals surface area (Å²) in [7, 11) is 0. The van der Waals surface area contributed by atoms with Crippen LogP contribution >= 0.6 is 0 Å². The molecule has 1 saturated carbocycles. The number of benzene rings is 1. The Morgan fingerprint density at radius 2 is 1.73 bits per heavy atom. The molecule has 1 aromatic rings. The summed E-state index contributed by atoms with van der Waals surface area (Å²) >= 11 is 0. The van der Waals surface area contributed by atoms with Crippen LogP contribution in [0.3, 0.4) is 0 Å². The molecule has 1 aromatic carbocycles. The maximum atomic E-state index is 12.1. The summed E-state index contributed by atoms with van der Waals surface area (Å²) in [5, 5.41) is 0. The Hall–Kier alpha value is -1.45. The zero-order chi connectivity index (χ0) is 18.8. The molecular formula is C22H31F3O. The van der Waals surface area contributed by atoms with Gasteiger partial charge in [0.25, 0.3) is 0 Å². The second-order valence-electron chi connectivity index (χ2n) is 7.44.